The van der Waals surface area contributed by atoms with E-state index in [0.29, 0.717) is 12.2 Å². The molecule has 122 valence electrons. The molecule has 0 spiro atoms. The Morgan fingerprint density at radius 1 is 1.22 bits per heavy atom. The van der Waals surface area contributed by atoms with Gasteiger partial charge < -0.3 is 10.2 Å². The highest BCUT2D eigenvalue weighted by Crippen LogP contribution is 2.25. The van der Waals surface area contributed by atoms with Crippen molar-refractivity contribution in [2.45, 2.75) is 20.0 Å². The predicted molar refractivity (Wildman–Crippen MR) is 88.8 cm³/mol. The molecule has 0 aromatic heterocycles. The standard InChI is InChI=1S/C17H20FN3O2/c1-3-20(2)12-14-6-4-5-13(9-14)11-19-16-8-7-15(18)10-17(16)21(22)23/h4-10,19H,3,11-12H2,1-2H3. The van der Waals surface area contributed by atoms with Crippen LogP contribution in [0.2, 0.25) is 0 Å². The van der Waals surface area contributed by atoms with Crippen molar-refractivity contribution >= 4 is 11.4 Å². The van der Waals surface area contributed by atoms with E-state index in [2.05, 4.69) is 29.3 Å². The second-order valence-electron chi connectivity index (χ2n) is 5.42. The highest BCUT2D eigenvalue weighted by atomic mass is 19.1. The Morgan fingerprint density at radius 3 is 2.65 bits per heavy atom. The molecule has 0 aliphatic carbocycles. The quantitative estimate of drug-likeness (QED) is 0.623. The van der Waals surface area contributed by atoms with Crippen LogP contribution in [0.3, 0.4) is 0 Å². The molecule has 0 fully saturated rings. The number of hydrogen-bond acceptors (Lipinski definition) is 4. The van der Waals surface area contributed by atoms with Gasteiger partial charge in [-0.15, -0.1) is 0 Å². The van der Waals surface area contributed by atoms with Gasteiger partial charge in [-0.25, -0.2) is 4.39 Å². The Labute approximate surface area is 134 Å². The van der Waals surface area contributed by atoms with Crippen LogP contribution in [-0.2, 0) is 13.1 Å². The predicted octanol–water partition coefficient (Wildman–Crippen LogP) is 3.80. The fourth-order valence-electron chi connectivity index (χ4n) is 2.26. The summed E-state index contributed by atoms with van der Waals surface area (Å²) in [5.41, 5.74) is 2.26. The molecule has 6 heteroatoms. The average Bonchev–Trinajstić information content (AvgIpc) is 2.53. The second kappa shape index (κ2) is 7.69. The first kappa shape index (κ1) is 16.9. The number of anilines is 1. The van der Waals surface area contributed by atoms with Crippen molar-refractivity contribution in [1.29, 1.82) is 0 Å². The number of benzene rings is 2. The van der Waals surface area contributed by atoms with Crippen molar-refractivity contribution in [3.63, 3.8) is 0 Å². The summed E-state index contributed by atoms with van der Waals surface area (Å²) in [6.45, 7) is 4.35. The van der Waals surface area contributed by atoms with Crippen LogP contribution in [-0.4, -0.2) is 23.4 Å². The minimum Gasteiger partial charge on any atom is -0.375 e. The maximum atomic E-state index is 13.1. The van der Waals surface area contributed by atoms with Crippen LogP contribution in [0.25, 0.3) is 0 Å². The smallest absolute Gasteiger partial charge is 0.295 e. The second-order valence-corrected chi connectivity index (χ2v) is 5.42. The van der Waals surface area contributed by atoms with E-state index < -0.39 is 10.7 Å². The molecule has 0 saturated heterocycles. The Bertz CT molecular complexity index is 691. The van der Waals surface area contributed by atoms with Gasteiger partial charge >= 0.3 is 0 Å². The summed E-state index contributed by atoms with van der Waals surface area (Å²) < 4.78 is 13.1. The molecule has 0 unspecified atom stereocenters. The van der Waals surface area contributed by atoms with Crippen molar-refractivity contribution in [2.24, 2.45) is 0 Å². The van der Waals surface area contributed by atoms with Gasteiger partial charge in [0.2, 0.25) is 0 Å². The number of nitrogens with one attached hydrogen (secondary N) is 1. The normalized spacial score (nSPS) is 10.8. The van der Waals surface area contributed by atoms with Gasteiger partial charge in [-0.3, -0.25) is 10.1 Å². The van der Waals surface area contributed by atoms with E-state index in [1.165, 1.54) is 17.7 Å². The number of halogens is 1. The molecule has 0 saturated carbocycles. The summed E-state index contributed by atoms with van der Waals surface area (Å²) in [5.74, 6) is -0.619. The Balaban J connectivity index is 2.09. The van der Waals surface area contributed by atoms with Gasteiger partial charge in [-0.05, 0) is 36.9 Å². The monoisotopic (exact) mass is 317 g/mol. The van der Waals surface area contributed by atoms with Crippen molar-refractivity contribution in [3.05, 3.63) is 69.5 Å². The molecule has 0 aliphatic rings. The summed E-state index contributed by atoms with van der Waals surface area (Å²) in [7, 11) is 2.05. The summed E-state index contributed by atoms with van der Waals surface area (Å²) in [6.07, 6.45) is 0. The molecule has 1 N–H and O–H groups in total. The maximum Gasteiger partial charge on any atom is 0.295 e. The van der Waals surface area contributed by atoms with Crippen LogP contribution in [0.1, 0.15) is 18.1 Å². The van der Waals surface area contributed by atoms with Crippen molar-refractivity contribution in [1.82, 2.24) is 4.90 Å². The van der Waals surface area contributed by atoms with E-state index in [1.807, 2.05) is 19.2 Å². The first-order valence-electron chi connectivity index (χ1n) is 7.43. The van der Waals surface area contributed by atoms with Gasteiger partial charge in [-0.2, -0.15) is 0 Å². The van der Waals surface area contributed by atoms with E-state index >= 15 is 0 Å². The zero-order chi connectivity index (χ0) is 16.8. The Morgan fingerprint density at radius 2 is 1.96 bits per heavy atom. The minimum absolute atomic E-state index is 0.258. The van der Waals surface area contributed by atoms with Crippen LogP contribution < -0.4 is 5.32 Å². The molecule has 0 radical (unpaired) electrons. The number of nitro groups is 1. The first-order chi connectivity index (χ1) is 11.0. The molecule has 2 aromatic carbocycles. The molecule has 0 atom stereocenters. The van der Waals surface area contributed by atoms with Crippen molar-refractivity contribution in [3.8, 4) is 0 Å². The average molecular weight is 317 g/mol. The number of nitro benzene ring substituents is 1. The third-order valence-corrected chi connectivity index (χ3v) is 3.62. The van der Waals surface area contributed by atoms with E-state index in [-0.39, 0.29) is 5.69 Å². The number of hydrogen-bond donors (Lipinski definition) is 1. The Kier molecular flexibility index (Phi) is 5.65. The topological polar surface area (TPSA) is 58.4 Å². The lowest BCUT2D eigenvalue weighted by atomic mass is 10.1. The van der Waals surface area contributed by atoms with E-state index in [9.17, 15) is 14.5 Å². The lowest BCUT2D eigenvalue weighted by Crippen LogP contribution is -2.16. The molecular formula is C17H20FN3O2. The fourth-order valence-corrected chi connectivity index (χ4v) is 2.26. The van der Waals surface area contributed by atoms with Crippen molar-refractivity contribution in [2.75, 3.05) is 18.9 Å². The highest BCUT2D eigenvalue weighted by molar-refractivity contribution is 5.61. The van der Waals surface area contributed by atoms with E-state index in [0.717, 1.165) is 24.7 Å². The van der Waals surface area contributed by atoms with E-state index in [1.54, 1.807) is 0 Å². The molecule has 0 bridgehead atoms. The summed E-state index contributed by atoms with van der Waals surface area (Å²) in [6, 6.07) is 11.6. The molecule has 0 aliphatic heterocycles. The van der Waals surface area contributed by atoms with Crippen LogP contribution >= 0.6 is 0 Å². The molecule has 2 rings (SSSR count). The molecule has 5 nitrogen and oxygen atoms in total. The van der Waals surface area contributed by atoms with E-state index in [4.69, 9.17) is 0 Å². The first-order valence-corrected chi connectivity index (χ1v) is 7.43. The summed E-state index contributed by atoms with van der Waals surface area (Å²) in [4.78, 5) is 12.6. The largest absolute Gasteiger partial charge is 0.375 e. The van der Waals surface area contributed by atoms with Crippen LogP contribution in [0.15, 0.2) is 42.5 Å². The molecule has 23 heavy (non-hydrogen) atoms. The van der Waals surface area contributed by atoms with Gasteiger partial charge in [0, 0.05) is 13.1 Å². The highest BCUT2D eigenvalue weighted by Gasteiger charge is 2.14. The van der Waals surface area contributed by atoms with Crippen LogP contribution in [0, 0.1) is 15.9 Å². The van der Waals surface area contributed by atoms with Crippen LogP contribution in [0.5, 0.6) is 0 Å². The SMILES string of the molecule is CCN(C)Cc1cccc(CNc2ccc(F)cc2[N+](=O)[O-])c1. The third-order valence-electron chi connectivity index (χ3n) is 3.62. The molecular weight excluding hydrogens is 297 g/mol. The zero-order valence-electron chi connectivity index (χ0n) is 13.3. The Hall–Kier alpha value is -2.47. The lowest BCUT2D eigenvalue weighted by Gasteiger charge is -2.14. The fraction of sp³-hybridized carbons (Fsp3) is 0.294. The van der Waals surface area contributed by atoms with Gasteiger partial charge in [0.25, 0.3) is 5.69 Å². The molecule has 0 amide bonds. The van der Waals surface area contributed by atoms with Gasteiger partial charge in [0.15, 0.2) is 0 Å². The third kappa shape index (κ3) is 4.75. The number of rotatable bonds is 7. The molecule has 0 heterocycles. The van der Waals surface area contributed by atoms with Crippen molar-refractivity contribution < 1.29 is 9.31 Å². The van der Waals surface area contributed by atoms with Gasteiger partial charge in [0.1, 0.15) is 11.5 Å². The molecule has 2 aromatic rings. The number of nitrogens with zero attached hydrogens (tertiary/aromatic N) is 2. The summed E-state index contributed by atoms with van der Waals surface area (Å²) in [5, 5.41) is 14.0. The lowest BCUT2D eigenvalue weighted by molar-refractivity contribution is -0.384. The van der Waals surface area contributed by atoms with Gasteiger partial charge in [0.05, 0.1) is 11.0 Å². The zero-order valence-corrected chi connectivity index (χ0v) is 13.3. The minimum atomic E-state index is -0.619. The summed E-state index contributed by atoms with van der Waals surface area (Å²) >= 11 is 0. The van der Waals surface area contributed by atoms with Crippen LogP contribution in [0.4, 0.5) is 15.8 Å². The van der Waals surface area contributed by atoms with Gasteiger partial charge in [-0.1, -0.05) is 31.2 Å². The maximum absolute atomic E-state index is 13.1.